The molecule has 25 heteroatoms. The number of aliphatic hydroxyl groups is 1. The van der Waals surface area contributed by atoms with E-state index in [1.165, 1.54) is 146 Å². The summed E-state index contributed by atoms with van der Waals surface area (Å²) in [5.41, 5.74) is 29.6. The van der Waals surface area contributed by atoms with Crippen molar-refractivity contribution in [2.24, 2.45) is 35.0 Å². The van der Waals surface area contributed by atoms with Crippen LogP contribution in [0.2, 0.25) is 0 Å². The highest BCUT2D eigenvalue weighted by Gasteiger charge is 2.31. The zero-order valence-electron chi connectivity index (χ0n) is 66.2. The number of aromatic nitrogens is 6. The molecular weight excluding hydrogens is 1490 g/mol. The molecule has 2 saturated heterocycles. The number of nitrogens with two attached hydrogens (primary N) is 3. The Labute approximate surface area is 684 Å². The van der Waals surface area contributed by atoms with Crippen molar-refractivity contribution < 1.29 is 23.7 Å². The molecule has 3 atom stereocenters. The van der Waals surface area contributed by atoms with Gasteiger partial charge in [-0.15, -0.1) is 0 Å². The average Bonchev–Trinajstić information content (AvgIpc) is 1.65. The van der Waals surface area contributed by atoms with Crippen LogP contribution in [0, 0.1) is 51.7 Å². The van der Waals surface area contributed by atoms with Crippen molar-refractivity contribution in [1.29, 1.82) is 0 Å². The number of hydrogen-bond acceptors (Lipinski definition) is 14. The quantitative estimate of drug-likeness (QED) is 0.0129. The first-order valence-corrected chi connectivity index (χ1v) is 43.4. The van der Waals surface area contributed by atoms with Crippen molar-refractivity contribution in [2.45, 2.75) is 180 Å². The fourth-order valence-electron chi connectivity index (χ4n) is 14.8. The van der Waals surface area contributed by atoms with Crippen LogP contribution in [0.3, 0.4) is 0 Å². The van der Waals surface area contributed by atoms with Crippen molar-refractivity contribution in [3.05, 3.63) is 243 Å². The summed E-state index contributed by atoms with van der Waals surface area (Å²) in [6, 6.07) is 52.3. The van der Waals surface area contributed by atoms with E-state index in [2.05, 4.69) is 108 Å². The monoisotopic (exact) mass is 1600 g/mol. The molecule has 0 radical (unpaired) electrons. The van der Waals surface area contributed by atoms with Crippen molar-refractivity contribution in [1.82, 2.24) is 44.5 Å². The molecule has 0 bridgehead atoms. The molecule has 4 saturated carbocycles. The number of nitrogens with zero attached hydrogens (tertiary/aromatic N) is 10. The minimum atomic E-state index is -1.67. The van der Waals surface area contributed by atoms with E-state index in [4.69, 9.17) is 34.6 Å². The van der Waals surface area contributed by atoms with Crippen LogP contribution in [0.1, 0.15) is 224 Å². The van der Waals surface area contributed by atoms with Crippen molar-refractivity contribution in [3.63, 3.8) is 0 Å². The van der Waals surface area contributed by atoms with Crippen LogP contribution in [0.5, 0.6) is 0 Å². The molecule has 3 amide bonds. The van der Waals surface area contributed by atoms with E-state index in [0.29, 0.717) is 82.9 Å². The predicted octanol–water partition coefficient (Wildman–Crippen LogP) is 18.2. The molecule has 22 nitrogen and oxygen atoms in total. The molecule has 114 heavy (non-hydrogen) atoms. The molecule has 9 aromatic rings. The molecule has 604 valence electrons. The molecule has 11 N–H and O–H groups in total. The summed E-state index contributed by atoms with van der Waals surface area (Å²) in [5.74, 6) is 1.95. The lowest BCUT2D eigenvalue weighted by Gasteiger charge is -2.28. The number of rotatable bonds is 28. The van der Waals surface area contributed by atoms with Crippen molar-refractivity contribution in [2.75, 3.05) is 68.3 Å². The van der Waals surface area contributed by atoms with E-state index in [1.807, 2.05) is 112 Å². The largest absolute Gasteiger partial charge is 0.388 e. The van der Waals surface area contributed by atoms with Crippen LogP contribution in [-0.4, -0.2) is 119 Å². The smallest absolute Gasteiger partial charge is 0.274 e. The Bertz CT molecular complexity index is 4660. The van der Waals surface area contributed by atoms with E-state index < -0.39 is 15.3 Å². The first-order chi connectivity index (χ1) is 55.4. The van der Waals surface area contributed by atoms with Crippen molar-refractivity contribution >= 4 is 76.7 Å². The van der Waals surface area contributed by atoms with E-state index >= 15 is 0 Å². The highest BCUT2D eigenvalue weighted by Crippen LogP contribution is 2.41. The summed E-state index contributed by atoms with van der Waals surface area (Å²) < 4.78 is 14.0. The van der Waals surface area contributed by atoms with Gasteiger partial charge in [0.15, 0.2) is 11.4 Å². The summed E-state index contributed by atoms with van der Waals surface area (Å²) in [7, 11) is 7.36. The van der Waals surface area contributed by atoms with Gasteiger partial charge >= 0.3 is 0 Å². The molecular formula is C89H113Cl2N17O5S. The summed E-state index contributed by atoms with van der Waals surface area (Å²) in [6.45, 7) is 28.3. The van der Waals surface area contributed by atoms with Crippen LogP contribution in [0.25, 0.3) is 26.8 Å². The maximum Gasteiger partial charge on any atom is 0.274 e. The van der Waals surface area contributed by atoms with E-state index in [-0.39, 0.29) is 17.7 Å². The minimum Gasteiger partial charge on any atom is -0.388 e. The number of anilines is 3. The third-order valence-corrected chi connectivity index (χ3v) is 21.3. The molecule has 3 aromatic heterocycles. The zero-order chi connectivity index (χ0) is 80.7. The van der Waals surface area contributed by atoms with Gasteiger partial charge in [0.2, 0.25) is 9.23 Å². The summed E-state index contributed by atoms with van der Waals surface area (Å²) in [6.07, 6.45) is 27.0. The summed E-state index contributed by atoms with van der Waals surface area (Å²) in [5, 5.41) is 36.1. The van der Waals surface area contributed by atoms with Gasteiger partial charge in [-0.2, -0.15) is 15.3 Å². The molecule has 6 fully saturated rings. The molecule has 0 spiro atoms. The third kappa shape index (κ3) is 27.8. The number of amides is 3. The fraction of sp³-hybridized carbons (Fsp3) is 0.438. The number of benzene rings is 6. The highest BCUT2D eigenvalue weighted by molar-refractivity contribution is 8.26. The standard InChI is InChI=1S/C28H31N5O.C28H35N5O.C24H24N4O2.C5H10.C4H13N3.Cl2OS/c1-20-17-27(33(31-20)25-10-6-8-23(19-25)29-2)28(34)30-24-9-5-7-22(18-24)26(14-13-21-11-12-21)32-15-3-4-16-32;1-20-16-27(33(31-20)25-9-4-6-22(17-25)19-29)28(34)30-24-8-5-7-23(18-24)26(13-12-21-10-11-21)32-14-2-3-15-32;1-16-13-22(28(27-16)21-8-4-6-19(15-21)25-2)24(30)26-20-7-3-5-18(14-20)23(29)12-11-17-9-10-17;1-2-4-5-3-1;5-1-3-7-4-2-6;1-4(2)3/h5-10,17-19,21,26H,3-4,11-16H2,1H3,(H,30,34);4-9,16-18,21,26H,2-3,10-15,19,29H2,1H3,(H,30,34);3-8,13-15,17,23,29H,9-12H2,1H3,(H,26,30);1-5H2;7H,1-6H2;. The van der Waals surface area contributed by atoms with Gasteiger partial charge in [0.05, 0.1) is 53.4 Å². The molecule has 3 unspecified atom stereocenters. The Morgan fingerprint density at radius 1 is 0.474 bits per heavy atom. The number of aliphatic hydroxyl groups excluding tert-OH is 1. The van der Waals surface area contributed by atoms with Gasteiger partial charge in [-0.1, -0.05) is 143 Å². The second kappa shape index (κ2) is 45.2. The molecule has 5 heterocycles. The maximum atomic E-state index is 13.3. The highest BCUT2D eigenvalue weighted by atomic mass is 36.0. The number of hydrogen-bond donors (Lipinski definition) is 8. The Morgan fingerprint density at radius 2 is 0.807 bits per heavy atom. The van der Waals surface area contributed by atoms with E-state index in [0.717, 1.165) is 96.4 Å². The normalized spacial score (nSPS) is 15.8. The lowest BCUT2D eigenvalue weighted by molar-refractivity contribution is 0.101. The summed E-state index contributed by atoms with van der Waals surface area (Å²) in [4.78, 5) is 51.8. The van der Waals surface area contributed by atoms with E-state index in [1.54, 1.807) is 56.5 Å². The Morgan fingerprint density at radius 3 is 1.16 bits per heavy atom. The third-order valence-electron chi connectivity index (χ3n) is 21.3. The molecule has 6 aromatic carbocycles. The fourth-order valence-corrected chi connectivity index (χ4v) is 14.8. The first-order valence-electron chi connectivity index (χ1n) is 40.6. The lowest BCUT2D eigenvalue weighted by atomic mass is 9.98. The topological polar surface area (TPSA) is 283 Å². The van der Waals surface area contributed by atoms with Crippen molar-refractivity contribution in [3.8, 4) is 17.1 Å². The maximum absolute atomic E-state index is 13.3. The Balaban J connectivity index is 0.000000165. The predicted molar refractivity (Wildman–Crippen MR) is 460 cm³/mol. The number of carbonyl (C=O) groups is 3. The van der Waals surface area contributed by atoms with Crippen LogP contribution >= 0.6 is 21.4 Å². The second-order valence-corrected chi connectivity index (χ2v) is 33.0. The van der Waals surface area contributed by atoms with Crippen LogP contribution in [0.15, 0.2) is 164 Å². The molecule has 4 aliphatic carbocycles. The number of likely N-dealkylation sites (tertiary alicyclic amines) is 2. The Hall–Kier alpha value is -9.21. The minimum absolute atomic E-state index is 0.161. The van der Waals surface area contributed by atoms with Gasteiger partial charge in [-0.25, -0.2) is 27.9 Å². The SMILES string of the molecule is C1CCCC1.Cc1cc(C(=O)Nc2cccc(C(CCC3CC3)N3CCCC3)c2)n(-c2cccc(CN)c2)n1.NCCNCCN.O=S(Cl)Cl.[C-]#[N+]c1cccc(-n2nc(C)cc2C(=O)Nc2cccc(C(CCC3CC3)N3CCCC3)c2)c1.[C-]#[N+]c1cccc(-n2nc(C)cc2C(=O)Nc2cccc(C(O)CCC3CC3)c2)c1. The molecule has 2 aliphatic heterocycles. The number of halogens is 2. The number of carbonyl (C=O) groups excluding carboxylic acids is 3. The van der Waals surface area contributed by atoms with Crippen LogP contribution in [-0.2, 0) is 15.8 Å². The Kier molecular flexibility index (Phi) is 34.6. The molecule has 6 aliphatic rings. The second-order valence-electron chi connectivity index (χ2n) is 30.5. The zero-order valence-corrected chi connectivity index (χ0v) is 68.5. The first kappa shape index (κ1) is 87.2. The van der Waals surface area contributed by atoms with Gasteiger partial charge in [-0.3, -0.25) is 24.2 Å². The van der Waals surface area contributed by atoms with Crippen LogP contribution < -0.4 is 38.5 Å². The summed E-state index contributed by atoms with van der Waals surface area (Å²) >= 11 is 0. The van der Waals surface area contributed by atoms with Gasteiger partial charge in [-0.05, 0) is 242 Å². The number of aryl methyl sites for hydroxylation is 3. The van der Waals surface area contributed by atoms with Gasteiger partial charge in [0, 0.05) is 83.2 Å². The average molecular weight is 1600 g/mol. The lowest BCUT2D eigenvalue weighted by Crippen LogP contribution is -2.27. The van der Waals surface area contributed by atoms with Gasteiger partial charge < -0.3 is 43.6 Å². The van der Waals surface area contributed by atoms with Crippen LogP contribution in [0.4, 0.5) is 28.4 Å². The van der Waals surface area contributed by atoms with Gasteiger partial charge in [0.1, 0.15) is 17.1 Å². The van der Waals surface area contributed by atoms with Gasteiger partial charge in [0.25, 0.3) is 17.7 Å². The molecule has 15 rings (SSSR count). The number of nitrogens with one attached hydrogen (secondary N) is 4. The van der Waals surface area contributed by atoms with E-state index in [9.17, 15) is 19.5 Å².